The Kier molecular flexibility index (Phi) is 8.91. The topological polar surface area (TPSA) is 53.6 Å². The van der Waals surface area contributed by atoms with Gasteiger partial charge in [-0.3, -0.25) is 9.89 Å². The van der Waals surface area contributed by atoms with Crippen molar-refractivity contribution in [3.8, 4) is 0 Å². The van der Waals surface area contributed by atoms with Crippen LogP contribution in [0.1, 0.15) is 45.6 Å². The Morgan fingerprint density at radius 2 is 2.04 bits per heavy atom. The minimum absolute atomic E-state index is 0. The highest BCUT2D eigenvalue weighted by Gasteiger charge is 2.22. The van der Waals surface area contributed by atoms with Gasteiger partial charge in [0.05, 0.1) is 6.54 Å². The van der Waals surface area contributed by atoms with Gasteiger partial charge in [0.25, 0.3) is 0 Å². The highest BCUT2D eigenvalue weighted by Crippen LogP contribution is 2.19. The monoisotopic (exact) mass is 430 g/mol. The van der Waals surface area contributed by atoms with E-state index in [2.05, 4.69) is 60.2 Å². The zero-order chi connectivity index (χ0) is 15.9. The Bertz CT molecular complexity index is 486. The van der Waals surface area contributed by atoms with Gasteiger partial charge in [-0.1, -0.05) is 25.5 Å². The van der Waals surface area contributed by atoms with Crippen molar-refractivity contribution in [3.63, 3.8) is 0 Å². The number of halogens is 1. The van der Waals surface area contributed by atoms with Crippen LogP contribution in [0.5, 0.6) is 0 Å². The summed E-state index contributed by atoms with van der Waals surface area (Å²) in [4.78, 5) is 7.07. The molecule has 1 aromatic carbocycles. The zero-order valence-corrected chi connectivity index (χ0v) is 16.9. The van der Waals surface area contributed by atoms with Gasteiger partial charge in [0.1, 0.15) is 0 Å². The van der Waals surface area contributed by atoms with Crippen molar-refractivity contribution >= 4 is 35.6 Å². The van der Waals surface area contributed by atoms with Crippen LogP contribution >= 0.6 is 24.0 Å². The number of hydrogen-bond acceptors (Lipinski definition) is 2. The average Bonchev–Trinajstić information content (AvgIpc) is 2.54. The maximum atomic E-state index is 6.01. The van der Waals surface area contributed by atoms with Crippen LogP contribution in [-0.4, -0.2) is 36.0 Å². The molecule has 5 heteroatoms. The van der Waals surface area contributed by atoms with Gasteiger partial charge in [0.2, 0.25) is 0 Å². The lowest BCUT2D eigenvalue weighted by Crippen LogP contribution is -2.45. The van der Waals surface area contributed by atoms with Gasteiger partial charge < -0.3 is 11.1 Å². The van der Waals surface area contributed by atoms with E-state index in [1.165, 1.54) is 31.4 Å². The number of rotatable bonds is 5. The van der Waals surface area contributed by atoms with Gasteiger partial charge in [-0.05, 0) is 57.4 Å². The fourth-order valence-corrected chi connectivity index (χ4v) is 3.12. The first-order chi connectivity index (χ1) is 10.6. The minimum atomic E-state index is 0. The van der Waals surface area contributed by atoms with Crippen molar-refractivity contribution in [2.45, 2.75) is 58.5 Å². The molecule has 1 aliphatic heterocycles. The highest BCUT2D eigenvalue weighted by atomic mass is 127. The molecule has 2 rings (SSSR count). The molecule has 1 fully saturated rings. The molecule has 1 aromatic rings. The van der Waals surface area contributed by atoms with Crippen molar-refractivity contribution < 1.29 is 0 Å². The van der Waals surface area contributed by atoms with Crippen molar-refractivity contribution in [1.29, 1.82) is 0 Å². The maximum absolute atomic E-state index is 6.01. The summed E-state index contributed by atoms with van der Waals surface area (Å²) < 4.78 is 0. The van der Waals surface area contributed by atoms with E-state index in [-0.39, 0.29) is 24.0 Å². The molecule has 0 bridgehead atoms. The molecule has 4 nitrogen and oxygen atoms in total. The molecular formula is C18H31IN4. The average molecular weight is 430 g/mol. The standard InChI is InChI=1S/C18H30N4.HI/c1-4-16-8-10-17(11-9-16)21-18(19)20-13-15(3)22-12-6-5-7-14(22)2;/h8-11,14-15H,4-7,12-13H2,1-3H3,(H3,19,20,21);1H. The summed E-state index contributed by atoms with van der Waals surface area (Å²) >= 11 is 0. The van der Waals surface area contributed by atoms with Crippen molar-refractivity contribution in [2.75, 3.05) is 18.4 Å². The molecule has 1 aliphatic rings. The summed E-state index contributed by atoms with van der Waals surface area (Å²) in [6.45, 7) is 8.64. The molecule has 130 valence electrons. The van der Waals surface area contributed by atoms with Gasteiger partial charge in [0, 0.05) is 17.8 Å². The van der Waals surface area contributed by atoms with Crippen LogP contribution in [-0.2, 0) is 6.42 Å². The number of benzene rings is 1. The zero-order valence-electron chi connectivity index (χ0n) is 14.6. The third-order valence-electron chi connectivity index (χ3n) is 4.58. The molecule has 0 radical (unpaired) electrons. The molecule has 0 aliphatic carbocycles. The second kappa shape index (κ2) is 10.1. The van der Waals surface area contributed by atoms with Crippen molar-refractivity contribution in [3.05, 3.63) is 29.8 Å². The van der Waals surface area contributed by atoms with E-state index in [0.717, 1.165) is 18.7 Å². The van der Waals surface area contributed by atoms with Gasteiger partial charge in [-0.2, -0.15) is 0 Å². The third-order valence-corrected chi connectivity index (χ3v) is 4.58. The Hall–Kier alpha value is -0.820. The van der Waals surface area contributed by atoms with E-state index in [0.29, 0.717) is 18.0 Å². The first kappa shape index (κ1) is 20.2. The van der Waals surface area contributed by atoms with Crippen LogP contribution < -0.4 is 11.1 Å². The number of nitrogens with zero attached hydrogens (tertiary/aromatic N) is 2. The molecule has 2 atom stereocenters. The van der Waals surface area contributed by atoms with Gasteiger partial charge >= 0.3 is 0 Å². The normalized spacial score (nSPS) is 20.7. The quantitative estimate of drug-likeness (QED) is 0.424. The highest BCUT2D eigenvalue weighted by molar-refractivity contribution is 14.0. The van der Waals surface area contributed by atoms with Crippen LogP contribution in [0.25, 0.3) is 0 Å². The SMILES string of the molecule is CCc1ccc(NC(N)=NCC(C)N2CCCCC2C)cc1.I. The maximum Gasteiger partial charge on any atom is 0.193 e. The Morgan fingerprint density at radius 1 is 1.35 bits per heavy atom. The van der Waals surface area contributed by atoms with E-state index >= 15 is 0 Å². The molecule has 2 unspecified atom stereocenters. The predicted octanol–water partition coefficient (Wildman–Crippen LogP) is 3.86. The molecular weight excluding hydrogens is 399 g/mol. The summed E-state index contributed by atoms with van der Waals surface area (Å²) in [5.74, 6) is 0.501. The summed E-state index contributed by atoms with van der Waals surface area (Å²) in [5.41, 5.74) is 8.33. The second-order valence-corrected chi connectivity index (χ2v) is 6.33. The minimum Gasteiger partial charge on any atom is -0.370 e. The molecule has 0 spiro atoms. The molecule has 1 heterocycles. The molecule has 0 aromatic heterocycles. The number of anilines is 1. The smallest absolute Gasteiger partial charge is 0.193 e. The fraction of sp³-hybridized carbons (Fsp3) is 0.611. The lowest BCUT2D eigenvalue weighted by atomic mass is 10.0. The van der Waals surface area contributed by atoms with E-state index in [1.54, 1.807) is 0 Å². The lowest BCUT2D eigenvalue weighted by molar-refractivity contribution is 0.118. The lowest BCUT2D eigenvalue weighted by Gasteiger charge is -2.37. The number of nitrogens with one attached hydrogen (secondary N) is 1. The van der Waals surface area contributed by atoms with Crippen LogP contribution in [0.2, 0.25) is 0 Å². The van der Waals surface area contributed by atoms with Crippen LogP contribution in [0.15, 0.2) is 29.3 Å². The van der Waals surface area contributed by atoms with Gasteiger partial charge in [-0.25, -0.2) is 0 Å². The largest absolute Gasteiger partial charge is 0.370 e. The summed E-state index contributed by atoms with van der Waals surface area (Å²) in [7, 11) is 0. The number of piperidine rings is 1. The Labute approximate surface area is 157 Å². The number of aliphatic imine (C=N–C) groups is 1. The van der Waals surface area contributed by atoms with Crippen LogP contribution in [0, 0.1) is 0 Å². The Balaban J connectivity index is 0.00000264. The molecule has 0 amide bonds. The van der Waals surface area contributed by atoms with E-state index < -0.39 is 0 Å². The first-order valence-corrected chi connectivity index (χ1v) is 8.51. The summed E-state index contributed by atoms with van der Waals surface area (Å²) in [6, 6.07) is 9.45. The van der Waals surface area contributed by atoms with Crippen LogP contribution in [0.4, 0.5) is 5.69 Å². The number of guanidine groups is 1. The number of hydrogen-bond donors (Lipinski definition) is 2. The third kappa shape index (κ3) is 6.30. The second-order valence-electron chi connectivity index (χ2n) is 6.33. The first-order valence-electron chi connectivity index (χ1n) is 8.51. The number of aryl methyl sites for hydroxylation is 1. The van der Waals surface area contributed by atoms with E-state index in [9.17, 15) is 0 Å². The van der Waals surface area contributed by atoms with Gasteiger partial charge in [-0.15, -0.1) is 24.0 Å². The Morgan fingerprint density at radius 3 is 2.65 bits per heavy atom. The molecule has 3 N–H and O–H groups in total. The number of likely N-dealkylation sites (tertiary alicyclic amines) is 1. The summed E-state index contributed by atoms with van der Waals surface area (Å²) in [5, 5.41) is 3.17. The summed E-state index contributed by atoms with van der Waals surface area (Å²) in [6.07, 6.45) is 5.00. The van der Waals surface area contributed by atoms with Crippen LogP contribution in [0.3, 0.4) is 0 Å². The van der Waals surface area contributed by atoms with Crippen molar-refractivity contribution in [1.82, 2.24) is 4.90 Å². The number of nitrogens with two attached hydrogens (primary N) is 1. The van der Waals surface area contributed by atoms with E-state index in [1.807, 2.05) is 0 Å². The molecule has 23 heavy (non-hydrogen) atoms. The van der Waals surface area contributed by atoms with E-state index in [4.69, 9.17) is 5.73 Å². The fourth-order valence-electron chi connectivity index (χ4n) is 3.12. The molecule has 1 saturated heterocycles. The van der Waals surface area contributed by atoms with Crippen molar-refractivity contribution in [2.24, 2.45) is 10.7 Å². The molecule has 0 saturated carbocycles. The predicted molar refractivity (Wildman–Crippen MR) is 111 cm³/mol. The van der Waals surface area contributed by atoms with Gasteiger partial charge in [0.15, 0.2) is 5.96 Å².